The Hall–Kier alpha value is -2.13. The highest BCUT2D eigenvalue weighted by atomic mass is 35.5. The fraction of sp³-hybridized carbons (Fsp3) is 0.250. The Bertz CT molecular complexity index is 813. The molecule has 24 heavy (non-hydrogen) atoms. The molecule has 1 amide bonds. The van der Waals surface area contributed by atoms with E-state index in [1.807, 2.05) is 44.2 Å². The summed E-state index contributed by atoms with van der Waals surface area (Å²) in [6, 6.07) is 13.9. The Labute approximate surface area is 146 Å². The summed E-state index contributed by atoms with van der Waals surface area (Å²) in [6.45, 7) is 4.57. The van der Waals surface area contributed by atoms with Crippen LogP contribution in [-0.4, -0.2) is 17.4 Å². The minimum atomic E-state index is -0.535. The van der Waals surface area contributed by atoms with Gasteiger partial charge >= 0.3 is 0 Å². The normalized spacial score (nSPS) is 15.4. The van der Waals surface area contributed by atoms with Crippen LogP contribution in [0.1, 0.15) is 31.4 Å². The van der Waals surface area contributed by atoms with Crippen LogP contribution in [0.5, 0.6) is 0 Å². The molecule has 2 nitrogen and oxygen atoms in total. The molecule has 0 atom stereocenters. The number of hydrogen-bond acceptors (Lipinski definition) is 1. The van der Waals surface area contributed by atoms with Crippen molar-refractivity contribution in [1.29, 1.82) is 0 Å². The number of rotatable bonds is 3. The van der Waals surface area contributed by atoms with Crippen LogP contribution in [0.25, 0.3) is 5.57 Å². The van der Waals surface area contributed by atoms with Crippen molar-refractivity contribution >= 4 is 23.1 Å². The Morgan fingerprint density at radius 1 is 1.12 bits per heavy atom. The van der Waals surface area contributed by atoms with Crippen LogP contribution in [0.4, 0.5) is 4.39 Å². The lowest BCUT2D eigenvalue weighted by Gasteiger charge is -2.41. The predicted octanol–water partition coefficient (Wildman–Crippen LogP) is 5.03. The summed E-state index contributed by atoms with van der Waals surface area (Å²) < 4.78 is 14.1. The Morgan fingerprint density at radius 2 is 1.88 bits per heavy atom. The molecule has 1 heterocycles. The zero-order chi connectivity index (χ0) is 17.3. The monoisotopic (exact) mass is 343 g/mol. The average Bonchev–Trinajstić information content (AvgIpc) is 2.56. The Balaban J connectivity index is 1.98. The first-order chi connectivity index (χ1) is 11.4. The standard InChI is InChI=1S/C20H19ClFNO/c1-20(2,14-7-5-8-15(21)13-14)23-12-6-10-17(19(23)24)16-9-3-4-11-18(16)22/h3-5,7-11,13H,6,12H2,1-2H3. The van der Waals surface area contributed by atoms with Crippen LogP contribution in [0, 0.1) is 5.82 Å². The van der Waals surface area contributed by atoms with Crippen molar-refractivity contribution in [3.63, 3.8) is 0 Å². The molecule has 0 unspecified atom stereocenters. The minimum absolute atomic E-state index is 0.156. The van der Waals surface area contributed by atoms with Gasteiger partial charge in [-0.25, -0.2) is 4.39 Å². The smallest absolute Gasteiger partial charge is 0.254 e. The summed E-state index contributed by atoms with van der Waals surface area (Å²) in [6.07, 6.45) is 2.52. The lowest BCUT2D eigenvalue weighted by molar-refractivity contribution is -0.131. The van der Waals surface area contributed by atoms with E-state index in [1.165, 1.54) is 6.07 Å². The van der Waals surface area contributed by atoms with Gasteiger partial charge in [0.05, 0.1) is 5.54 Å². The molecular weight excluding hydrogens is 325 g/mol. The zero-order valence-corrected chi connectivity index (χ0v) is 14.5. The van der Waals surface area contributed by atoms with Gasteiger partial charge in [0.15, 0.2) is 0 Å². The van der Waals surface area contributed by atoms with Crippen LogP contribution >= 0.6 is 11.6 Å². The molecule has 0 aromatic heterocycles. The van der Waals surface area contributed by atoms with Crippen molar-refractivity contribution in [2.24, 2.45) is 0 Å². The van der Waals surface area contributed by atoms with Crippen LogP contribution in [0.2, 0.25) is 5.02 Å². The van der Waals surface area contributed by atoms with E-state index in [1.54, 1.807) is 23.1 Å². The van der Waals surface area contributed by atoms with Gasteiger partial charge in [0, 0.05) is 22.7 Å². The summed E-state index contributed by atoms with van der Waals surface area (Å²) in [5.41, 5.74) is 1.20. The maximum atomic E-state index is 14.1. The number of halogens is 2. The van der Waals surface area contributed by atoms with Crippen molar-refractivity contribution in [3.8, 4) is 0 Å². The van der Waals surface area contributed by atoms with E-state index in [4.69, 9.17) is 11.6 Å². The molecule has 2 aromatic carbocycles. The molecule has 0 spiro atoms. The SMILES string of the molecule is CC(C)(c1cccc(Cl)c1)N1CCC=C(c2ccccc2F)C1=O. The van der Waals surface area contributed by atoms with E-state index >= 15 is 0 Å². The van der Waals surface area contributed by atoms with Gasteiger partial charge in [-0.15, -0.1) is 0 Å². The van der Waals surface area contributed by atoms with E-state index in [0.717, 1.165) is 5.56 Å². The number of hydrogen-bond donors (Lipinski definition) is 0. The van der Waals surface area contributed by atoms with Gasteiger partial charge in [-0.05, 0) is 44.0 Å². The molecular formula is C20H19ClFNO. The molecule has 0 saturated carbocycles. The third kappa shape index (κ3) is 2.96. The number of benzene rings is 2. The van der Waals surface area contributed by atoms with Gasteiger partial charge in [0.25, 0.3) is 5.91 Å². The van der Waals surface area contributed by atoms with Crippen molar-refractivity contribution in [1.82, 2.24) is 4.90 Å². The fourth-order valence-electron chi connectivity index (χ4n) is 3.14. The predicted molar refractivity (Wildman–Crippen MR) is 95.2 cm³/mol. The highest BCUT2D eigenvalue weighted by molar-refractivity contribution is 6.30. The van der Waals surface area contributed by atoms with Gasteiger partial charge in [-0.3, -0.25) is 4.79 Å². The van der Waals surface area contributed by atoms with E-state index in [-0.39, 0.29) is 11.7 Å². The van der Waals surface area contributed by atoms with E-state index < -0.39 is 5.54 Å². The lowest BCUT2D eigenvalue weighted by atomic mass is 9.88. The number of carbonyl (C=O) groups excluding carboxylic acids is 1. The van der Waals surface area contributed by atoms with Gasteiger partial charge in [-0.2, -0.15) is 0 Å². The largest absolute Gasteiger partial charge is 0.329 e. The van der Waals surface area contributed by atoms with E-state index in [0.29, 0.717) is 29.1 Å². The van der Waals surface area contributed by atoms with Crippen molar-refractivity contribution in [2.75, 3.05) is 6.54 Å². The molecule has 3 rings (SSSR count). The average molecular weight is 344 g/mol. The molecule has 0 N–H and O–H groups in total. The second kappa shape index (κ2) is 6.40. The molecule has 0 aliphatic carbocycles. The Morgan fingerprint density at radius 3 is 2.58 bits per heavy atom. The van der Waals surface area contributed by atoms with Crippen LogP contribution in [0.3, 0.4) is 0 Å². The first-order valence-corrected chi connectivity index (χ1v) is 8.32. The van der Waals surface area contributed by atoms with Crippen LogP contribution in [0.15, 0.2) is 54.6 Å². The third-order valence-electron chi connectivity index (χ3n) is 4.55. The topological polar surface area (TPSA) is 20.3 Å². The molecule has 1 aliphatic rings. The minimum Gasteiger partial charge on any atom is -0.329 e. The van der Waals surface area contributed by atoms with Gasteiger partial charge in [0.2, 0.25) is 0 Å². The Kier molecular flexibility index (Phi) is 4.46. The second-order valence-electron chi connectivity index (χ2n) is 6.41. The summed E-state index contributed by atoms with van der Waals surface area (Å²) >= 11 is 6.11. The van der Waals surface area contributed by atoms with Crippen LogP contribution in [-0.2, 0) is 10.3 Å². The first kappa shape index (κ1) is 16.7. The maximum absolute atomic E-state index is 14.1. The fourth-order valence-corrected chi connectivity index (χ4v) is 3.33. The molecule has 0 fully saturated rings. The van der Waals surface area contributed by atoms with Crippen molar-refractivity contribution in [2.45, 2.75) is 25.8 Å². The summed E-state index contributed by atoms with van der Waals surface area (Å²) in [7, 11) is 0. The zero-order valence-electron chi connectivity index (χ0n) is 13.7. The number of amides is 1. The van der Waals surface area contributed by atoms with E-state index in [2.05, 4.69) is 0 Å². The van der Waals surface area contributed by atoms with Gasteiger partial charge in [0.1, 0.15) is 5.82 Å². The van der Waals surface area contributed by atoms with Crippen molar-refractivity contribution in [3.05, 3.63) is 76.6 Å². The third-order valence-corrected chi connectivity index (χ3v) is 4.78. The molecule has 124 valence electrons. The van der Waals surface area contributed by atoms with Crippen LogP contribution < -0.4 is 0 Å². The quantitative estimate of drug-likeness (QED) is 0.765. The molecule has 0 radical (unpaired) electrons. The number of carbonyl (C=O) groups is 1. The van der Waals surface area contributed by atoms with Gasteiger partial charge in [-0.1, -0.05) is 48.0 Å². The summed E-state index contributed by atoms with van der Waals surface area (Å²) in [5, 5.41) is 0.634. The molecule has 0 bridgehead atoms. The molecule has 4 heteroatoms. The molecule has 1 aliphatic heterocycles. The first-order valence-electron chi connectivity index (χ1n) is 7.94. The van der Waals surface area contributed by atoms with E-state index in [9.17, 15) is 9.18 Å². The summed E-state index contributed by atoms with van der Waals surface area (Å²) in [5.74, 6) is -0.532. The highest BCUT2D eigenvalue weighted by Crippen LogP contribution is 2.35. The van der Waals surface area contributed by atoms with Crippen molar-refractivity contribution < 1.29 is 9.18 Å². The van der Waals surface area contributed by atoms with Gasteiger partial charge < -0.3 is 4.90 Å². The summed E-state index contributed by atoms with van der Waals surface area (Å²) in [4.78, 5) is 14.8. The number of nitrogens with zero attached hydrogens (tertiary/aromatic N) is 1. The lowest BCUT2D eigenvalue weighted by Crippen LogP contribution is -2.48. The molecule has 2 aromatic rings. The highest BCUT2D eigenvalue weighted by Gasteiger charge is 2.36. The molecule has 0 saturated heterocycles. The second-order valence-corrected chi connectivity index (χ2v) is 6.85. The maximum Gasteiger partial charge on any atom is 0.254 e.